The van der Waals surface area contributed by atoms with E-state index in [9.17, 15) is 4.79 Å². The van der Waals surface area contributed by atoms with Gasteiger partial charge in [-0.25, -0.2) is 4.98 Å². The lowest BCUT2D eigenvalue weighted by Gasteiger charge is -2.14. The smallest absolute Gasteiger partial charge is 0.244 e. The lowest BCUT2D eigenvalue weighted by molar-refractivity contribution is -0.117. The van der Waals surface area contributed by atoms with E-state index in [2.05, 4.69) is 15.3 Å². The van der Waals surface area contributed by atoms with E-state index in [0.717, 1.165) is 22.3 Å². The van der Waals surface area contributed by atoms with Crippen LogP contribution in [-0.2, 0) is 4.79 Å². The number of nitrogens with one attached hydrogen (secondary N) is 1. The van der Waals surface area contributed by atoms with Crippen LogP contribution in [0.3, 0.4) is 0 Å². The van der Waals surface area contributed by atoms with Crippen LogP contribution >= 0.6 is 11.6 Å². The zero-order chi connectivity index (χ0) is 18.4. The number of carbonyl (C=O) groups excluding carboxylic acids is 1. The third-order valence-electron chi connectivity index (χ3n) is 3.92. The largest absolute Gasteiger partial charge is 0.346 e. The number of amides is 1. The van der Waals surface area contributed by atoms with Crippen LogP contribution < -0.4 is 5.32 Å². The molecule has 1 amide bonds. The number of aromatic nitrogens is 2. The molecule has 1 aromatic carbocycles. The summed E-state index contributed by atoms with van der Waals surface area (Å²) < 4.78 is 0. The number of pyridine rings is 2. The number of rotatable bonds is 5. The molecule has 2 heterocycles. The van der Waals surface area contributed by atoms with Crippen molar-refractivity contribution >= 4 is 23.6 Å². The van der Waals surface area contributed by atoms with Gasteiger partial charge in [-0.2, -0.15) is 0 Å². The van der Waals surface area contributed by atoms with E-state index in [0.29, 0.717) is 5.15 Å². The average molecular weight is 364 g/mol. The number of hydrogen-bond acceptors (Lipinski definition) is 3. The molecule has 130 valence electrons. The maximum atomic E-state index is 12.1. The van der Waals surface area contributed by atoms with E-state index >= 15 is 0 Å². The van der Waals surface area contributed by atoms with Gasteiger partial charge in [-0.3, -0.25) is 9.78 Å². The van der Waals surface area contributed by atoms with Crippen LogP contribution in [0.2, 0.25) is 5.15 Å². The van der Waals surface area contributed by atoms with Crippen LogP contribution in [0.5, 0.6) is 0 Å². The summed E-state index contributed by atoms with van der Waals surface area (Å²) in [5.41, 5.74) is 3.90. The molecule has 5 heteroatoms. The molecule has 0 fully saturated rings. The fraction of sp³-hybridized carbons (Fsp3) is 0.0952. The summed E-state index contributed by atoms with van der Waals surface area (Å²) in [5.74, 6) is -0.153. The van der Waals surface area contributed by atoms with Crippen LogP contribution in [-0.4, -0.2) is 15.9 Å². The summed E-state index contributed by atoms with van der Waals surface area (Å²) in [7, 11) is 0. The Morgan fingerprint density at radius 3 is 2.73 bits per heavy atom. The Hall–Kier alpha value is -2.98. The van der Waals surface area contributed by atoms with E-state index < -0.39 is 0 Å². The Labute approximate surface area is 157 Å². The monoisotopic (exact) mass is 363 g/mol. The maximum absolute atomic E-state index is 12.1. The quantitative estimate of drug-likeness (QED) is 0.528. The van der Waals surface area contributed by atoms with Gasteiger partial charge in [0.15, 0.2) is 0 Å². The first-order valence-corrected chi connectivity index (χ1v) is 8.60. The minimum Gasteiger partial charge on any atom is -0.346 e. The van der Waals surface area contributed by atoms with Crippen molar-refractivity contribution in [3.63, 3.8) is 0 Å². The first-order chi connectivity index (χ1) is 12.6. The SMILES string of the molecule is C[C@@H](NC(=O)/C=C/c1cccnc1)c1cccc(-c2ccc(Cl)nc2)c1. The summed E-state index contributed by atoms with van der Waals surface area (Å²) in [6.07, 6.45) is 8.40. The molecule has 0 aliphatic carbocycles. The number of carbonyl (C=O) groups is 1. The van der Waals surface area contributed by atoms with Gasteiger partial charge in [0.25, 0.3) is 0 Å². The second kappa shape index (κ2) is 8.41. The lowest BCUT2D eigenvalue weighted by Crippen LogP contribution is -2.24. The summed E-state index contributed by atoms with van der Waals surface area (Å²) in [4.78, 5) is 20.3. The molecular formula is C21H18ClN3O. The second-order valence-electron chi connectivity index (χ2n) is 5.85. The molecule has 4 nitrogen and oxygen atoms in total. The second-order valence-corrected chi connectivity index (χ2v) is 6.23. The molecule has 0 unspecified atom stereocenters. The van der Waals surface area contributed by atoms with Crippen molar-refractivity contribution < 1.29 is 4.79 Å². The van der Waals surface area contributed by atoms with Crippen molar-refractivity contribution in [1.29, 1.82) is 0 Å². The molecule has 0 saturated carbocycles. The molecule has 0 saturated heterocycles. The van der Waals surface area contributed by atoms with Gasteiger partial charge >= 0.3 is 0 Å². The molecule has 0 aliphatic heterocycles. The van der Waals surface area contributed by atoms with Crippen LogP contribution in [0.15, 0.2) is 73.2 Å². The molecule has 1 atom stereocenters. The number of halogens is 1. The van der Waals surface area contributed by atoms with E-state index in [-0.39, 0.29) is 11.9 Å². The van der Waals surface area contributed by atoms with Gasteiger partial charge in [0.2, 0.25) is 5.91 Å². The summed E-state index contributed by atoms with van der Waals surface area (Å²) >= 11 is 5.84. The first-order valence-electron chi connectivity index (χ1n) is 8.22. The third-order valence-corrected chi connectivity index (χ3v) is 4.14. The van der Waals surface area contributed by atoms with Gasteiger partial charge in [-0.05, 0) is 54.0 Å². The Morgan fingerprint density at radius 1 is 1.12 bits per heavy atom. The predicted molar refractivity (Wildman–Crippen MR) is 105 cm³/mol. The maximum Gasteiger partial charge on any atom is 0.244 e. The molecular weight excluding hydrogens is 346 g/mol. The molecule has 0 bridgehead atoms. The molecule has 0 aliphatic rings. The van der Waals surface area contributed by atoms with Crippen LogP contribution in [0.1, 0.15) is 24.1 Å². The Morgan fingerprint density at radius 2 is 2.00 bits per heavy atom. The topological polar surface area (TPSA) is 54.9 Å². The minimum absolute atomic E-state index is 0.124. The van der Waals surface area contributed by atoms with Gasteiger partial charge in [0.1, 0.15) is 5.15 Å². The van der Waals surface area contributed by atoms with Crippen LogP contribution in [0.25, 0.3) is 17.2 Å². The lowest BCUT2D eigenvalue weighted by atomic mass is 10.0. The van der Waals surface area contributed by atoms with Gasteiger partial charge in [-0.1, -0.05) is 35.9 Å². The minimum atomic E-state index is -0.153. The number of nitrogens with zero attached hydrogens (tertiary/aromatic N) is 2. The molecule has 3 aromatic rings. The average Bonchev–Trinajstić information content (AvgIpc) is 2.68. The Bertz CT molecular complexity index is 908. The third kappa shape index (κ3) is 4.77. The van der Waals surface area contributed by atoms with Gasteiger partial charge in [0.05, 0.1) is 6.04 Å². The van der Waals surface area contributed by atoms with Crippen LogP contribution in [0, 0.1) is 0 Å². The molecule has 3 rings (SSSR count). The molecule has 26 heavy (non-hydrogen) atoms. The van der Waals surface area contributed by atoms with E-state index in [1.165, 1.54) is 6.08 Å². The van der Waals surface area contributed by atoms with E-state index in [1.54, 1.807) is 30.7 Å². The molecule has 0 radical (unpaired) electrons. The van der Waals surface area contributed by atoms with E-state index in [1.807, 2.05) is 49.4 Å². The molecule has 2 aromatic heterocycles. The van der Waals surface area contributed by atoms with Crippen molar-refractivity contribution in [2.75, 3.05) is 0 Å². The van der Waals surface area contributed by atoms with Crippen molar-refractivity contribution in [3.8, 4) is 11.1 Å². The van der Waals surface area contributed by atoms with Crippen molar-refractivity contribution in [2.24, 2.45) is 0 Å². The predicted octanol–water partition coefficient (Wildman–Crippen LogP) is 4.69. The summed E-state index contributed by atoms with van der Waals surface area (Å²) in [5, 5.41) is 3.44. The highest BCUT2D eigenvalue weighted by molar-refractivity contribution is 6.29. The highest BCUT2D eigenvalue weighted by Crippen LogP contribution is 2.23. The fourth-order valence-electron chi connectivity index (χ4n) is 2.53. The fourth-order valence-corrected chi connectivity index (χ4v) is 2.64. The highest BCUT2D eigenvalue weighted by atomic mass is 35.5. The summed E-state index contributed by atoms with van der Waals surface area (Å²) in [6.45, 7) is 1.95. The zero-order valence-corrected chi connectivity index (χ0v) is 15.0. The highest BCUT2D eigenvalue weighted by Gasteiger charge is 2.09. The van der Waals surface area contributed by atoms with Gasteiger partial charge < -0.3 is 5.32 Å². The summed E-state index contributed by atoms with van der Waals surface area (Å²) in [6, 6.07) is 15.3. The standard InChI is InChI=1S/C21H18ClN3O/c1-15(25-21(26)10-7-16-4-3-11-23-13-16)17-5-2-6-18(12-17)19-8-9-20(22)24-14-19/h2-15H,1H3,(H,25,26)/b10-7+/t15-/m1/s1. The van der Waals surface area contributed by atoms with Gasteiger partial charge in [0, 0.05) is 30.2 Å². The van der Waals surface area contributed by atoms with Crippen LogP contribution in [0.4, 0.5) is 0 Å². The van der Waals surface area contributed by atoms with E-state index in [4.69, 9.17) is 11.6 Å². The molecule has 0 spiro atoms. The molecule has 1 N–H and O–H groups in total. The van der Waals surface area contributed by atoms with Crippen molar-refractivity contribution in [2.45, 2.75) is 13.0 Å². The number of benzene rings is 1. The normalized spacial score (nSPS) is 12.1. The zero-order valence-electron chi connectivity index (χ0n) is 14.3. The Kier molecular flexibility index (Phi) is 5.77. The van der Waals surface area contributed by atoms with Crippen molar-refractivity contribution in [3.05, 3.63) is 89.5 Å². The van der Waals surface area contributed by atoms with Crippen molar-refractivity contribution in [1.82, 2.24) is 15.3 Å². The number of hydrogen-bond donors (Lipinski definition) is 1. The Balaban J connectivity index is 1.69. The van der Waals surface area contributed by atoms with Gasteiger partial charge in [-0.15, -0.1) is 0 Å². The first kappa shape index (κ1) is 17.8.